The SMILES string of the molecule is O=c1[nH]c2c(S(=O)(=O)c3cc(F)c4ccn([C@@H]5CC5(F)F)c4c3)ccc(Cl)c2c(=O)n1O. The topological polar surface area (TPSA) is 114 Å². The highest BCUT2D eigenvalue weighted by Gasteiger charge is 2.58. The van der Waals surface area contributed by atoms with Gasteiger partial charge in [0.1, 0.15) is 11.9 Å². The van der Waals surface area contributed by atoms with Gasteiger partial charge in [0.2, 0.25) is 9.84 Å². The van der Waals surface area contributed by atoms with Gasteiger partial charge in [0.25, 0.3) is 11.5 Å². The molecule has 2 aromatic heterocycles. The molecule has 0 saturated heterocycles. The number of nitrogens with zero attached hydrogens (tertiary/aromatic N) is 2. The van der Waals surface area contributed by atoms with Gasteiger partial charge in [-0.3, -0.25) is 4.79 Å². The molecule has 0 amide bonds. The highest BCUT2D eigenvalue weighted by atomic mass is 35.5. The van der Waals surface area contributed by atoms with Gasteiger partial charge in [-0.05, 0) is 30.3 Å². The van der Waals surface area contributed by atoms with Crippen molar-refractivity contribution in [3.05, 3.63) is 68.2 Å². The summed E-state index contributed by atoms with van der Waals surface area (Å²) in [5.74, 6) is -3.93. The lowest BCUT2D eigenvalue weighted by Crippen LogP contribution is -2.33. The van der Waals surface area contributed by atoms with E-state index < -0.39 is 66.0 Å². The molecule has 0 aliphatic heterocycles. The zero-order chi connectivity index (χ0) is 23.2. The average Bonchev–Trinajstić information content (AvgIpc) is 3.14. The summed E-state index contributed by atoms with van der Waals surface area (Å²) >= 11 is 5.96. The largest absolute Gasteiger partial charge is 0.421 e. The number of hydrogen-bond donors (Lipinski definition) is 2. The number of H-pyrrole nitrogens is 1. The Morgan fingerprint density at radius 1 is 1.19 bits per heavy atom. The van der Waals surface area contributed by atoms with E-state index in [4.69, 9.17) is 11.6 Å². The first-order chi connectivity index (χ1) is 14.9. The Morgan fingerprint density at radius 3 is 2.53 bits per heavy atom. The van der Waals surface area contributed by atoms with Crippen LogP contribution in [0.25, 0.3) is 21.8 Å². The summed E-state index contributed by atoms with van der Waals surface area (Å²) in [5, 5.41) is 8.79. The summed E-state index contributed by atoms with van der Waals surface area (Å²) in [5.41, 5.74) is -3.09. The molecule has 0 unspecified atom stereocenters. The Morgan fingerprint density at radius 2 is 1.88 bits per heavy atom. The predicted molar refractivity (Wildman–Crippen MR) is 107 cm³/mol. The molecule has 8 nitrogen and oxygen atoms in total. The van der Waals surface area contributed by atoms with Gasteiger partial charge in [0.05, 0.1) is 31.2 Å². The van der Waals surface area contributed by atoms with Crippen LogP contribution >= 0.6 is 11.6 Å². The van der Waals surface area contributed by atoms with E-state index >= 15 is 0 Å². The van der Waals surface area contributed by atoms with Gasteiger partial charge >= 0.3 is 5.69 Å². The molecule has 2 heterocycles. The second kappa shape index (κ2) is 6.39. The lowest BCUT2D eigenvalue weighted by atomic mass is 10.2. The van der Waals surface area contributed by atoms with E-state index in [9.17, 15) is 36.4 Å². The lowest BCUT2D eigenvalue weighted by molar-refractivity contribution is 0.102. The number of nitrogens with one attached hydrogen (secondary N) is 1. The molecule has 2 N–H and O–H groups in total. The van der Waals surface area contributed by atoms with E-state index in [0.29, 0.717) is 0 Å². The van der Waals surface area contributed by atoms with Crippen molar-refractivity contribution in [3.8, 4) is 0 Å². The molecule has 0 radical (unpaired) electrons. The minimum Gasteiger partial charge on any atom is -0.421 e. The number of hydrogen-bond acceptors (Lipinski definition) is 5. The molecule has 0 spiro atoms. The summed E-state index contributed by atoms with van der Waals surface area (Å²) in [6, 6.07) is 3.90. The monoisotopic (exact) mass is 485 g/mol. The minimum atomic E-state index is -4.57. The Kier molecular flexibility index (Phi) is 4.12. The second-order valence-electron chi connectivity index (χ2n) is 7.39. The van der Waals surface area contributed by atoms with Gasteiger partial charge in [0, 0.05) is 18.0 Å². The fourth-order valence-corrected chi connectivity index (χ4v) is 5.41. The summed E-state index contributed by atoms with van der Waals surface area (Å²) in [6.45, 7) is 0. The highest BCUT2D eigenvalue weighted by Crippen LogP contribution is 2.53. The zero-order valence-corrected chi connectivity index (χ0v) is 17.2. The first kappa shape index (κ1) is 20.6. The molecule has 4 aromatic rings. The number of aromatic amines is 1. The van der Waals surface area contributed by atoms with Gasteiger partial charge in [0.15, 0.2) is 0 Å². The fourth-order valence-electron chi connectivity index (χ4n) is 3.72. The summed E-state index contributed by atoms with van der Waals surface area (Å²) in [6.07, 6.45) is 0.806. The van der Waals surface area contributed by atoms with Crippen LogP contribution in [0.5, 0.6) is 0 Å². The predicted octanol–water partition coefficient (Wildman–Crippen LogP) is 3.09. The number of fused-ring (bicyclic) bond motifs is 2. The standard InChI is InChI=1S/C19H11ClF3N3O5S/c20-10-1-2-13(16-15(10)17(27)26(29)18(28)24-16)32(30,31)8-5-11(21)9-3-4-25(12(9)6-8)14-7-19(14,22)23/h1-6,14,29H,7H2,(H,24,28)/t14-/m1/s1. The van der Waals surface area contributed by atoms with Crippen LogP contribution in [0, 0.1) is 5.82 Å². The molecule has 13 heteroatoms. The Hall–Kier alpha value is -3.25. The number of benzene rings is 2. The van der Waals surface area contributed by atoms with Gasteiger partial charge in [-0.1, -0.05) is 16.3 Å². The zero-order valence-electron chi connectivity index (χ0n) is 15.6. The lowest BCUT2D eigenvalue weighted by Gasteiger charge is -2.11. The smallest absolute Gasteiger partial charge is 0.362 e. The van der Waals surface area contributed by atoms with Crippen molar-refractivity contribution in [2.24, 2.45) is 0 Å². The third-order valence-corrected chi connectivity index (χ3v) is 7.53. The van der Waals surface area contributed by atoms with Crippen molar-refractivity contribution in [1.82, 2.24) is 14.3 Å². The van der Waals surface area contributed by atoms with Crippen LogP contribution < -0.4 is 11.2 Å². The van der Waals surface area contributed by atoms with Crippen LogP contribution in [0.2, 0.25) is 5.02 Å². The summed E-state index contributed by atoms with van der Waals surface area (Å²) in [7, 11) is -4.57. The van der Waals surface area contributed by atoms with Gasteiger partial charge < -0.3 is 14.8 Å². The highest BCUT2D eigenvalue weighted by molar-refractivity contribution is 7.91. The molecule has 166 valence electrons. The molecular formula is C19H11ClF3N3O5S. The van der Waals surface area contributed by atoms with Crippen LogP contribution in [-0.4, -0.2) is 33.8 Å². The first-order valence-electron chi connectivity index (χ1n) is 9.03. The maximum Gasteiger partial charge on any atom is 0.362 e. The van der Waals surface area contributed by atoms with Gasteiger partial charge in [-0.2, -0.15) is 0 Å². The van der Waals surface area contributed by atoms with Crippen LogP contribution in [0.3, 0.4) is 0 Å². The van der Waals surface area contributed by atoms with Crippen molar-refractivity contribution < 1.29 is 26.8 Å². The Bertz CT molecular complexity index is 1690. The van der Waals surface area contributed by atoms with Crippen molar-refractivity contribution in [1.29, 1.82) is 0 Å². The molecule has 0 bridgehead atoms. The molecule has 32 heavy (non-hydrogen) atoms. The quantitative estimate of drug-likeness (QED) is 0.433. The van der Waals surface area contributed by atoms with E-state index in [-0.39, 0.29) is 20.7 Å². The van der Waals surface area contributed by atoms with E-state index in [1.165, 1.54) is 12.3 Å². The van der Waals surface area contributed by atoms with E-state index in [2.05, 4.69) is 4.98 Å². The Labute approximate surface area is 181 Å². The summed E-state index contributed by atoms with van der Waals surface area (Å²) in [4.78, 5) is 25.0. The normalized spacial score (nSPS) is 17.8. The van der Waals surface area contributed by atoms with E-state index in [1.54, 1.807) is 0 Å². The summed E-state index contributed by atoms with van der Waals surface area (Å²) < 4.78 is 69.4. The van der Waals surface area contributed by atoms with Crippen LogP contribution in [0.4, 0.5) is 13.2 Å². The van der Waals surface area contributed by atoms with Crippen molar-refractivity contribution in [3.63, 3.8) is 0 Å². The van der Waals surface area contributed by atoms with Gasteiger partial charge in [-0.25, -0.2) is 26.4 Å². The second-order valence-corrected chi connectivity index (χ2v) is 9.71. The Balaban J connectivity index is 1.79. The van der Waals surface area contributed by atoms with Gasteiger partial charge in [-0.15, -0.1) is 0 Å². The third-order valence-electron chi connectivity index (χ3n) is 5.44. The molecule has 2 aromatic carbocycles. The molecule has 1 saturated carbocycles. The molecule has 1 atom stereocenters. The molecule has 1 aliphatic rings. The number of rotatable bonds is 3. The minimum absolute atomic E-state index is 0.0378. The molecule has 1 aliphatic carbocycles. The molecular weight excluding hydrogens is 475 g/mol. The molecule has 1 fully saturated rings. The van der Waals surface area contributed by atoms with Crippen molar-refractivity contribution >= 4 is 43.2 Å². The average molecular weight is 486 g/mol. The number of aromatic nitrogens is 3. The fraction of sp³-hybridized carbons (Fsp3) is 0.158. The maximum atomic E-state index is 14.7. The third kappa shape index (κ3) is 2.79. The van der Waals surface area contributed by atoms with Crippen LogP contribution in [0.1, 0.15) is 12.5 Å². The van der Waals surface area contributed by atoms with Crippen molar-refractivity contribution in [2.45, 2.75) is 28.2 Å². The van der Waals surface area contributed by atoms with Crippen LogP contribution in [0.15, 0.2) is 55.9 Å². The van der Waals surface area contributed by atoms with E-state index in [1.807, 2.05) is 0 Å². The number of sulfone groups is 1. The van der Waals surface area contributed by atoms with Crippen LogP contribution in [-0.2, 0) is 9.84 Å². The molecule has 5 rings (SSSR count). The van der Waals surface area contributed by atoms with E-state index in [0.717, 1.165) is 28.8 Å². The number of alkyl halides is 2. The number of halogens is 4. The van der Waals surface area contributed by atoms with Crippen molar-refractivity contribution in [2.75, 3.05) is 0 Å². The first-order valence-corrected chi connectivity index (χ1v) is 10.9. The maximum absolute atomic E-state index is 14.7.